The molecule has 0 radical (unpaired) electrons. The normalized spacial score (nSPS) is 12.0. The summed E-state index contributed by atoms with van der Waals surface area (Å²) in [6, 6.07) is 4.62. The number of rotatable bonds is 5. The molecule has 1 heterocycles. The van der Waals surface area contributed by atoms with Gasteiger partial charge in [-0.3, -0.25) is 0 Å². The molecule has 0 saturated heterocycles. The van der Waals surface area contributed by atoms with Crippen molar-refractivity contribution in [1.29, 1.82) is 0 Å². The Bertz CT molecular complexity index is 720. The fourth-order valence-electron chi connectivity index (χ4n) is 1.99. The highest BCUT2D eigenvalue weighted by molar-refractivity contribution is 7.91. The van der Waals surface area contributed by atoms with Crippen LogP contribution in [0.3, 0.4) is 0 Å². The topological polar surface area (TPSA) is 90.9 Å². The van der Waals surface area contributed by atoms with Crippen LogP contribution in [0.4, 0.5) is 5.69 Å². The van der Waals surface area contributed by atoms with E-state index in [9.17, 15) is 8.42 Å². The van der Waals surface area contributed by atoms with Crippen molar-refractivity contribution in [2.45, 2.75) is 31.0 Å². The number of nitrogens with two attached hydrogens (primary N) is 1. The van der Waals surface area contributed by atoms with Crippen molar-refractivity contribution in [1.82, 2.24) is 14.8 Å². The summed E-state index contributed by atoms with van der Waals surface area (Å²) in [6.45, 7) is 4.64. The summed E-state index contributed by atoms with van der Waals surface area (Å²) >= 11 is 5.98. The van der Waals surface area contributed by atoms with Crippen LogP contribution in [-0.2, 0) is 22.1 Å². The maximum atomic E-state index is 12.5. The Kier molecular flexibility index (Phi) is 4.53. The van der Waals surface area contributed by atoms with Crippen LogP contribution in [0.1, 0.15) is 19.7 Å². The van der Waals surface area contributed by atoms with Gasteiger partial charge in [0.2, 0.25) is 0 Å². The Balaban J connectivity index is 2.37. The van der Waals surface area contributed by atoms with Gasteiger partial charge in [-0.2, -0.15) is 5.10 Å². The molecule has 1 aromatic carbocycles. The molecule has 0 aliphatic heterocycles. The lowest BCUT2D eigenvalue weighted by molar-refractivity contribution is 0.470. The van der Waals surface area contributed by atoms with Gasteiger partial charge in [-0.15, -0.1) is 0 Å². The Morgan fingerprint density at radius 1 is 1.38 bits per heavy atom. The molecule has 0 unspecified atom stereocenters. The summed E-state index contributed by atoms with van der Waals surface area (Å²) in [5.74, 6) is 0.426. The molecular formula is C13H17ClN4O2S. The molecule has 6 nitrogen and oxygen atoms in total. The van der Waals surface area contributed by atoms with Gasteiger partial charge in [0.05, 0.1) is 10.7 Å². The molecule has 2 aromatic rings. The molecule has 0 aliphatic rings. The number of hydrogen-bond donors (Lipinski definition) is 1. The molecule has 0 fully saturated rings. The zero-order valence-corrected chi connectivity index (χ0v) is 13.4. The number of nitrogens with zero attached hydrogens (tertiary/aromatic N) is 3. The van der Waals surface area contributed by atoms with Crippen molar-refractivity contribution >= 4 is 27.1 Å². The third kappa shape index (κ3) is 3.54. The molecule has 8 heteroatoms. The highest BCUT2D eigenvalue weighted by Gasteiger charge is 2.24. The molecule has 2 rings (SSSR count). The van der Waals surface area contributed by atoms with E-state index in [-0.39, 0.29) is 21.4 Å². The van der Waals surface area contributed by atoms with Gasteiger partial charge in [0.1, 0.15) is 22.8 Å². The fraction of sp³-hybridized carbons (Fsp3) is 0.385. The van der Waals surface area contributed by atoms with Gasteiger partial charge in [-0.05, 0) is 18.1 Å². The number of hydrogen-bond acceptors (Lipinski definition) is 5. The number of benzene rings is 1. The fourth-order valence-corrected chi connectivity index (χ4v) is 4.03. The average molecular weight is 329 g/mol. The zero-order valence-electron chi connectivity index (χ0n) is 11.8. The molecule has 1 aromatic heterocycles. The molecule has 2 N–H and O–H groups in total. The summed E-state index contributed by atoms with van der Waals surface area (Å²) in [5.41, 5.74) is 5.89. The highest BCUT2D eigenvalue weighted by Crippen LogP contribution is 2.29. The van der Waals surface area contributed by atoms with E-state index >= 15 is 0 Å². The van der Waals surface area contributed by atoms with E-state index in [2.05, 4.69) is 10.1 Å². The Morgan fingerprint density at radius 2 is 2.10 bits per heavy atom. The van der Waals surface area contributed by atoms with E-state index in [1.54, 1.807) is 10.7 Å². The molecule has 0 saturated carbocycles. The molecule has 0 bridgehead atoms. The second-order valence-corrected chi connectivity index (χ2v) is 7.50. The van der Waals surface area contributed by atoms with E-state index in [1.807, 2.05) is 13.8 Å². The second kappa shape index (κ2) is 6.03. The number of nitrogen functional groups attached to an aromatic ring is 1. The zero-order chi connectivity index (χ0) is 15.6. The minimum atomic E-state index is -3.68. The number of sulfone groups is 1. The van der Waals surface area contributed by atoms with Crippen molar-refractivity contribution in [2.24, 2.45) is 5.92 Å². The van der Waals surface area contributed by atoms with E-state index in [0.717, 1.165) is 0 Å². The lowest BCUT2D eigenvalue weighted by atomic mass is 10.2. The molecule has 21 heavy (non-hydrogen) atoms. The van der Waals surface area contributed by atoms with Crippen LogP contribution in [0.2, 0.25) is 5.02 Å². The summed E-state index contributed by atoms with van der Waals surface area (Å²) < 4.78 is 26.7. The SMILES string of the molecule is CC(C)Cn1ncnc1CS(=O)(=O)c1c(N)cccc1Cl. The van der Waals surface area contributed by atoms with Crippen LogP contribution in [0.25, 0.3) is 0 Å². The van der Waals surface area contributed by atoms with Gasteiger partial charge < -0.3 is 5.73 Å². The smallest absolute Gasteiger partial charge is 0.189 e. The Hall–Kier alpha value is -1.60. The number of anilines is 1. The van der Waals surface area contributed by atoms with Crippen molar-refractivity contribution in [3.05, 3.63) is 35.4 Å². The lowest BCUT2D eigenvalue weighted by Crippen LogP contribution is -2.15. The van der Waals surface area contributed by atoms with Crippen LogP contribution in [0, 0.1) is 5.92 Å². The monoisotopic (exact) mass is 328 g/mol. The first-order chi connectivity index (χ1) is 9.81. The van der Waals surface area contributed by atoms with E-state index < -0.39 is 9.84 Å². The molecule has 0 amide bonds. The summed E-state index contributed by atoms with van der Waals surface area (Å²) in [7, 11) is -3.68. The Labute approximate surface area is 128 Å². The number of aromatic nitrogens is 3. The van der Waals surface area contributed by atoms with Crippen LogP contribution < -0.4 is 5.73 Å². The number of halogens is 1. The van der Waals surface area contributed by atoms with Crippen molar-refractivity contribution in [2.75, 3.05) is 5.73 Å². The van der Waals surface area contributed by atoms with Crippen LogP contribution in [0.15, 0.2) is 29.4 Å². The lowest BCUT2D eigenvalue weighted by Gasteiger charge is -2.11. The van der Waals surface area contributed by atoms with Crippen molar-refractivity contribution < 1.29 is 8.42 Å². The second-order valence-electron chi connectivity index (χ2n) is 5.17. The maximum absolute atomic E-state index is 12.5. The predicted molar refractivity (Wildman–Crippen MR) is 81.6 cm³/mol. The van der Waals surface area contributed by atoms with Gasteiger partial charge in [-0.1, -0.05) is 31.5 Å². The molecule has 0 atom stereocenters. The summed E-state index contributed by atoms with van der Waals surface area (Å²) in [6.07, 6.45) is 1.35. The van der Waals surface area contributed by atoms with Crippen molar-refractivity contribution in [3.8, 4) is 0 Å². The first-order valence-electron chi connectivity index (χ1n) is 6.44. The van der Waals surface area contributed by atoms with Crippen LogP contribution in [-0.4, -0.2) is 23.2 Å². The summed E-state index contributed by atoms with van der Waals surface area (Å²) in [4.78, 5) is 3.98. The predicted octanol–water partition coefficient (Wildman–Crippen LogP) is 2.14. The van der Waals surface area contributed by atoms with Gasteiger partial charge in [0, 0.05) is 6.54 Å². The van der Waals surface area contributed by atoms with Gasteiger partial charge in [-0.25, -0.2) is 18.1 Å². The quantitative estimate of drug-likeness (QED) is 0.849. The van der Waals surface area contributed by atoms with Gasteiger partial charge in [0.25, 0.3) is 0 Å². The first kappa shape index (κ1) is 15.8. The minimum Gasteiger partial charge on any atom is -0.398 e. The Morgan fingerprint density at radius 3 is 2.71 bits per heavy atom. The van der Waals surface area contributed by atoms with Gasteiger partial charge in [0.15, 0.2) is 9.84 Å². The summed E-state index contributed by atoms with van der Waals surface area (Å²) in [5, 5.41) is 4.17. The maximum Gasteiger partial charge on any atom is 0.189 e. The van der Waals surface area contributed by atoms with E-state index in [0.29, 0.717) is 18.3 Å². The third-order valence-corrected chi connectivity index (χ3v) is 5.00. The molecule has 114 valence electrons. The average Bonchev–Trinajstić information content (AvgIpc) is 2.74. The first-order valence-corrected chi connectivity index (χ1v) is 8.47. The van der Waals surface area contributed by atoms with Gasteiger partial charge >= 0.3 is 0 Å². The van der Waals surface area contributed by atoms with Crippen LogP contribution >= 0.6 is 11.6 Å². The van der Waals surface area contributed by atoms with Crippen molar-refractivity contribution in [3.63, 3.8) is 0 Å². The largest absolute Gasteiger partial charge is 0.398 e. The molecule has 0 spiro atoms. The van der Waals surface area contributed by atoms with Crippen LogP contribution in [0.5, 0.6) is 0 Å². The molecule has 0 aliphatic carbocycles. The van der Waals surface area contributed by atoms with E-state index in [4.69, 9.17) is 17.3 Å². The highest BCUT2D eigenvalue weighted by atomic mass is 35.5. The third-order valence-electron chi connectivity index (χ3n) is 2.86. The standard InChI is InChI=1S/C13H17ClN4O2S/c1-9(2)6-18-12(16-8-17-18)7-21(19,20)13-10(14)4-3-5-11(13)15/h3-5,8-9H,6-7,15H2,1-2H3. The minimum absolute atomic E-state index is 0.0502. The van der Waals surface area contributed by atoms with E-state index in [1.165, 1.54) is 18.5 Å². The molecular weight excluding hydrogens is 312 g/mol.